The summed E-state index contributed by atoms with van der Waals surface area (Å²) in [5.41, 5.74) is 4.20. The quantitative estimate of drug-likeness (QED) is 0.649. The number of halogens is 1. The van der Waals surface area contributed by atoms with Gasteiger partial charge in [0.1, 0.15) is 0 Å². The van der Waals surface area contributed by atoms with Crippen molar-refractivity contribution in [2.75, 3.05) is 0 Å². The van der Waals surface area contributed by atoms with Crippen LogP contribution in [0.1, 0.15) is 37.5 Å². The minimum Gasteiger partial charge on any atom is -0.122 e. The normalized spacial score (nSPS) is 14.0. The predicted molar refractivity (Wildman–Crippen MR) is 68.7 cm³/mol. The van der Waals surface area contributed by atoms with Crippen molar-refractivity contribution in [3.8, 4) is 0 Å². The second kappa shape index (κ2) is 4.57. The fraction of sp³-hybridized carbons (Fsp3) is 0.571. The minimum atomic E-state index is 0.164. The Hall–Kier alpha value is -0.490. The molecule has 0 amide bonds. The molecule has 0 aliphatic rings. The van der Waals surface area contributed by atoms with Gasteiger partial charge in [-0.3, -0.25) is 0 Å². The van der Waals surface area contributed by atoms with E-state index in [2.05, 4.69) is 52.8 Å². The number of hydrogen-bond donors (Lipinski definition) is 0. The van der Waals surface area contributed by atoms with E-state index in [9.17, 15) is 0 Å². The van der Waals surface area contributed by atoms with Crippen LogP contribution in [0.15, 0.2) is 18.2 Å². The first-order valence-electron chi connectivity index (χ1n) is 5.51. The molecule has 0 nitrogen and oxygen atoms in total. The van der Waals surface area contributed by atoms with E-state index in [1.807, 2.05) is 0 Å². The first-order valence-corrected chi connectivity index (χ1v) is 5.94. The summed E-state index contributed by atoms with van der Waals surface area (Å²) in [7, 11) is 0. The van der Waals surface area contributed by atoms with Gasteiger partial charge in [0.2, 0.25) is 0 Å². The van der Waals surface area contributed by atoms with Crippen molar-refractivity contribution in [1.29, 1.82) is 0 Å². The van der Waals surface area contributed by atoms with Crippen molar-refractivity contribution < 1.29 is 0 Å². The van der Waals surface area contributed by atoms with Crippen LogP contribution in [-0.2, 0) is 6.42 Å². The second-order valence-corrected chi connectivity index (χ2v) is 5.99. The third-order valence-corrected chi connectivity index (χ3v) is 3.65. The highest BCUT2D eigenvalue weighted by atomic mass is 35.5. The lowest BCUT2D eigenvalue weighted by Crippen LogP contribution is -2.23. The summed E-state index contributed by atoms with van der Waals surface area (Å²) < 4.78 is 0. The highest BCUT2D eigenvalue weighted by Gasteiger charge is 2.22. The number of hydrogen-bond acceptors (Lipinski definition) is 0. The van der Waals surface area contributed by atoms with Gasteiger partial charge >= 0.3 is 0 Å². The molecule has 0 aromatic heterocycles. The largest absolute Gasteiger partial charge is 0.122 e. The zero-order chi connectivity index (χ0) is 11.6. The molecular formula is C14H21Cl. The second-order valence-electron chi connectivity index (χ2n) is 5.47. The summed E-state index contributed by atoms with van der Waals surface area (Å²) >= 11 is 6.42. The molecule has 0 N–H and O–H groups in total. The average Bonchev–Trinajstić information content (AvgIpc) is 2.09. The lowest BCUT2D eigenvalue weighted by Gasteiger charge is -2.25. The smallest absolute Gasteiger partial charge is 0.0424 e. The molecule has 1 aromatic carbocycles. The van der Waals surface area contributed by atoms with E-state index in [4.69, 9.17) is 11.6 Å². The topological polar surface area (TPSA) is 0 Å². The zero-order valence-electron chi connectivity index (χ0n) is 10.4. The predicted octanol–water partition coefficient (Wildman–Crippen LogP) is 4.50. The van der Waals surface area contributed by atoms with Gasteiger partial charge in [0, 0.05) is 5.38 Å². The van der Waals surface area contributed by atoms with Crippen molar-refractivity contribution in [2.24, 2.45) is 5.41 Å². The van der Waals surface area contributed by atoms with Crippen LogP contribution in [0.2, 0.25) is 0 Å². The maximum Gasteiger partial charge on any atom is 0.0424 e. The SMILES string of the molecule is Cc1ccc(C)c(CC(Cl)C(C)(C)C)c1. The Morgan fingerprint density at radius 2 is 1.80 bits per heavy atom. The van der Waals surface area contributed by atoms with E-state index in [0.29, 0.717) is 0 Å². The lowest BCUT2D eigenvalue weighted by atomic mass is 9.87. The molecule has 1 unspecified atom stereocenters. The summed E-state index contributed by atoms with van der Waals surface area (Å²) in [6, 6.07) is 6.58. The van der Waals surface area contributed by atoms with Gasteiger partial charge in [0.25, 0.3) is 0 Å². The minimum absolute atomic E-state index is 0.164. The Kier molecular flexibility index (Phi) is 3.83. The molecule has 1 rings (SSSR count). The molecule has 1 heteroatoms. The Bertz CT molecular complexity index is 334. The maximum absolute atomic E-state index is 6.42. The van der Waals surface area contributed by atoms with Crippen LogP contribution in [0.3, 0.4) is 0 Å². The average molecular weight is 225 g/mol. The summed E-state index contributed by atoms with van der Waals surface area (Å²) in [6.45, 7) is 10.9. The van der Waals surface area contributed by atoms with Gasteiger partial charge in [-0.25, -0.2) is 0 Å². The van der Waals surface area contributed by atoms with Crippen molar-refractivity contribution in [3.05, 3.63) is 34.9 Å². The van der Waals surface area contributed by atoms with Crippen LogP contribution in [0.25, 0.3) is 0 Å². The number of aryl methyl sites for hydroxylation is 2. The van der Waals surface area contributed by atoms with E-state index in [1.165, 1.54) is 16.7 Å². The molecule has 1 atom stereocenters. The van der Waals surface area contributed by atoms with Gasteiger partial charge in [0.05, 0.1) is 0 Å². The summed E-state index contributed by atoms with van der Waals surface area (Å²) in [5, 5.41) is 0.193. The fourth-order valence-corrected chi connectivity index (χ4v) is 1.69. The molecule has 0 radical (unpaired) electrons. The van der Waals surface area contributed by atoms with E-state index in [0.717, 1.165) is 6.42 Å². The zero-order valence-corrected chi connectivity index (χ0v) is 11.2. The molecule has 0 fully saturated rings. The molecule has 0 heterocycles. The van der Waals surface area contributed by atoms with E-state index < -0.39 is 0 Å². The van der Waals surface area contributed by atoms with Gasteiger partial charge in [-0.1, -0.05) is 44.5 Å². The van der Waals surface area contributed by atoms with Crippen molar-refractivity contribution >= 4 is 11.6 Å². The van der Waals surface area contributed by atoms with Crippen molar-refractivity contribution in [3.63, 3.8) is 0 Å². The highest BCUT2D eigenvalue weighted by molar-refractivity contribution is 6.21. The van der Waals surface area contributed by atoms with E-state index in [-0.39, 0.29) is 10.8 Å². The van der Waals surface area contributed by atoms with Crippen LogP contribution >= 0.6 is 11.6 Å². The third-order valence-electron chi connectivity index (χ3n) is 2.84. The Labute approximate surface area is 98.7 Å². The molecule has 0 bridgehead atoms. The van der Waals surface area contributed by atoms with Gasteiger partial charge in [0.15, 0.2) is 0 Å². The molecule has 0 spiro atoms. The summed E-state index contributed by atoms with van der Waals surface area (Å²) in [4.78, 5) is 0. The van der Waals surface area contributed by atoms with Crippen LogP contribution in [0.5, 0.6) is 0 Å². The van der Waals surface area contributed by atoms with E-state index >= 15 is 0 Å². The molecule has 0 aliphatic carbocycles. The number of alkyl halides is 1. The van der Waals surface area contributed by atoms with Crippen LogP contribution in [-0.4, -0.2) is 5.38 Å². The number of rotatable bonds is 2. The Morgan fingerprint density at radius 1 is 1.20 bits per heavy atom. The Balaban J connectivity index is 2.85. The summed E-state index contributed by atoms with van der Waals surface area (Å²) in [6.07, 6.45) is 0.957. The van der Waals surface area contributed by atoms with Crippen molar-refractivity contribution in [1.82, 2.24) is 0 Å². The van der Waals surface area contributed by atoms with Gasteiger partial charge in [-0.15, -0.1) is 11.6 Å². The molecule has 0 saturated heterocycles. The van der Waals surface area contributed by atoms with Crippen LogP contribution in [0, 0.1) is 19.3 Å². The number of benzene rings is 1. The molecular weight excluding hydrogens is 204 g/mol. The summed E-state index contributed by atoms with van der Waals surface area (Å²) in [5.74, 6) is 0. The first-order chi connectivity index (χ1) is 6.80. The van der Waals surface area contributed by atoms with Gasteiger partial charge in [-0.05, 0) is 36.8 Å². The highest BCUT2D eigenvalue weighted by Crippen LogP contribution is 2.28. The monoisotopic (exact) mass is 224 g/mol. The first kappa shape index (κ1) is 12.6. The lowest BCUT2D eigenvalue weighted by molar-refractivity contribution is 0.386. The van der Waals surface area contributed by atoms with Gasteiger partial charge < -0.3 is 0 Å². The maximum atomic E-state index is 6.42. The fourth-order valence-electron chi connectivity index (χ4n) is 1.52. The molecule has 0 aliphatic heterocycles. The van der Waals surface area contributed by atoms with Gasteiger partial charge in [-0.2, -0.15) is 0 Å². The van der Waals surface area contributed by atoms with Crippen LogP contribution in [0.4, 0.5) is 0 Å². The molecule has 84 valence electrons. The standard InChI is InChI=1S/C14H21Cl/c1-10-6-7-11(2)12(8-10)9-13(15)14(3,4)5/h6-8,13H,9H2,1-5H3. The molecule has 0 saturated carbocycles. The molecule has 1 aromatic rings. The molecule has 15 heavy (non-hydrogen) atoms. The van der Waals surface area contributed by atoms with Crippen molar-refractivity contribution in [2.45, 2.75) is 46.4 Å². The van der Waals surface area contributed by atoms with E-state index in [1.54, 1.807) is 0 Å². The third kappa shape index (κ3) is 3.53. The van der Waals surface area contributed by atoms with Crippen LogP contribution < -0.4 is 0 Å². The Morgan fingerprint density at radius 3 is 2.33 bits per heavy atom.